The van der Waals surface area contributed by atoms with Crippen molar-refractivity contribution >= 4 is 5.78 Å². The predicted molar refractivity (Wildman–Crippen MR) is 118 cm³/mol. The number of ketones is 1. The van der Waals surface area contributed by atoms with E-state index in [1.165, 1.54) is 20.5 Å². The molecule has 7 nitrogen and oxygen atoms in total. The lowest BCUT2D eigenvalue weighted by Gasteiger charge is -2.15. The van der Waals surface area contributed by atoms with Crippen molar-refractivity contribution in [3.8, 4) is 17.7 Å². The fourth-order valence-electron chi connectivity index (χ4n) is 3.36. The summed E-state index contributed by atoms with van der Waals surface area (Å²) in [7, 11) is 1.53. The van der Waals surface area contributed by atoms with E-state index in [4.69, 9.17) is 9.47 Å². The zero-order valence-electron chi connectivity index (χ0n) is 18.4. The molecule has 0 aliphatic heterocycles. The van der Waals surface area contributed by atoms with Crippen LogP contribution >= 0.6 is 0 Å². The van der Waals surface area contributed by atoms with E-state index in [9.17, 15) is 20.0 Å². The molecular weight excluding hydrogens is 396 g/mol. The number of hydrogen-bond donors (Lipinski definition) is 1. The van der Waals surface area contributed by atoms with Crippen molar-refractivity contribution in [1.82, 2.24) is 4.57 Å². The van der Waals surface area contributed by atoms with Crippen molar-refractivity contribution in [1.29, 1.82) is 5.26 Å². The first-order valence-electron chi connectivity index (χ1n) is 10.6. The highest BCUT2D eigenvalue weighted by molar-refractivity contribution is 6.11. The highest BCUT2D eigenvalue weighted by Gasteiger charge is 2.24. The second-order valence-electron chi connectivity index (χ2n) is 7.38. The molecule has 0 aliphatic carbocycles. The van der Waals surface area contributed by atoms with Gasteiger partial charge in [-0.05, 0) is 49.6 Å². The summed E-state index contributed by atoms with van der Waals surface area (Å²) in [6, 6.07) is 8.52. The molecule has 0 unspecified atom stereocenters. The van der Waals surface area contributed by atoms with Gasteiger partial charge >= 0.3 is 0 Å². The molecule has 31 heavy (non-hydrogen) atoms. The molecule has 1 aromatic carbocycles. The minimum Gasteiger partial charge on any atom is -0.494 e. The van der Waals surface area contributed by atoms with Gasteiger partial charge in [0.15, 0.2) is 5.78 Å². The summed E-state index contributed by atoms with van der Waals surface area (Å²) in [6.07, 6.45) is 4.89. The first-order valence-corrected chi connectivity index (χ1v) is 10.6. The number of aromatic nitrogens is 1. The second kappa shape index (κ2) is 11.9. The monoisotopic (exact) mass is 426 g/mol. The van der Waals surface area contributed by atoms with Gasteiger partial charge in [-0.3, -0.25) is 14.2 Å². The van der Waals surface area contributed by atoms with Crippen LogP contribution in [0.25, 0.3) is 0 Å². The van der Waals surface area contributed by atoms with Crippen LogP contribution in [-0.4, -0.2) is 35.8 Å². The van der Waals surface area contributed by atoms with Crippen LogP contribution in [0.1, 0.15) is 66.1 Å². The van der Waals surface area contributed by atoms with Crippen molar-refractivity contribution in [3.63, 3.8) is 0 Å². The number of nitrogens with zero attached hydrogens (tertiary/aromatic N) is 2. The van der Waals surface area contributed by atoms with Crippen molar-refractivity contribution in [2.24, 2.45) is 0 Å². The highest BCUT2D eigenvalue weighted by Crippen LogP contribution is 2.26. The molecule has 0 radical (unpaired) electrons. The van der Waals surface area contributed by atoms with Crippen LogP contribution in [0, 0.1) is 18.3 Å². The van der Waals surface area contributed by atoms with E-state index in [1.54, 1.807) is 24.3 Å². The molecule has 0 aliphatic rings. The van der Waals surface area contributed by atoms with Crippen molar-refractivity contribution < 1.29 is 19.4 Å². The van der Waals surface area contributed by atoms with E-state index in [0.29, 0.717) is 30.9 Å². The largest absolute Gasteiger partial charge is 0.494 e. The maximum atomic E-state index is 13.1. The molecular formula is C24H30N2O5. The van der Waals surface area contributed by atoms with Crippen LogP contribution in [0.4, 0.5) is 0 Å². The molecule has 0 atom stereocenters. The van der Waals surface area contributed by atoms with Gasteiger partial charge in [0.2, 0.25) is 5.88 Å². The zero-order chi connectivity index (χ0) is 22.8. The second-order valence-corrected chi connectivity index (χ2v) is 7.38. The highest BCUT2D eigenvalue weighted by atomic mass is 16.5. The number of carbonyl (C=O) groups excluding carboxylic acids is 1. The summed E-state index contributed by atoms with van der Waals surface area (Å²) in [5.74, 6) is -0.225. The molecule has 0 amide bonds. The van der Waals surface area contributed by atoms with Crippen LogP contribution < -0.4 is 10.3 Å². The van der Waals surface area contributed by atoms with Gasteiger partial charge in [-0.2, -0.15) is 5.26 Å². The summed E-state index contributed by atoms with van der Waals surface area (Å²) in [5.41, 5.74) is -0.290. The molecule has 0 saturated carbocycles. The van der Waals surface area contributed by atoms with Gasteiger partial charge in [0.25, 0.3) is 5.56 Å². The molecule has 0 bridgehead atoms. The maximum absolute atomic E-state index is 13.1. The Bertz CT molecular complexity index is 987. The van der Waals surface area contributed by atoms with Gasteiger partial charge in [0.05, 0.1) is 12.2 Å². The topological polar surface area (TPSA) is 102 Å². The number of methoxy groups -OCH3 is 1. The number of hydrogen-bond acceptors (Lipinski definition) is 6. The Morgan fingerprint density at radius 1 is 1.13 bits per heavy atom. The normalized spacial score (nSPS) is 10.6. The Labute approximate surface area is 182 Å². The summed E-state index contributed by atoms with van der Waals surface area (Å²) < 4.78 is 11.8. The number of carbonyl (C=O) groups is 1. The van der Waals surface area contributed by atoms with Gasteiger partial charge in [-0.25, -0.2) is 0 Å². The van der Waals surface area contributed by atoms with Crippen LogP contribution in [0.3, 0.4) is 0 Å². The molecule has 0 fully saturated rings. The lowest BCUT2D eigenvalue weighted by Crippen LogP contribution is -2.27. The summed E-state index contributed by atoms with van der Waals surface area (Å²) >= 11 is 0. The summed E-state index contributed by atoms with van der Waals surface area (Å²) in [6.45, 7) is 4.79. The van der Waals surface area contributed by atoms with Crippen molar-refractivity contribution in [3.05, 3.63) is 56.9 Å². The molecule has 1 aromatic heterocycles. The third-order valence-corrected chi connectivity index (χ3v) is 5.14. The maximum Gasteiger partial charge on any atom is 0.271 e. The number of unbranched alkanes of at least 4 members (excludes halogenated alkanes) is 3. The van der Waals surface area contributed by atoms with Gasteiger partial charge in [-0.15, -0.1) is 0 Å². The third kappa shape index (κ3) is 5.96. The van der Waals surface area contributed by atoms with Crippen molar-refractivity contribution in [2.45, 2.75) is 52.5 Å². The molecule has 7 heteroatoms. The first-order chi connectivity index (χ1) is 15.0. The standard InChI is InChI=1S/C24H30N2O5/c1-4-5-6-7-15-31-19-11-9-18(10-12-19)22(27)21-17(2)20(16-25)23(28)26(24(21)29)13-8-14-30-3/h9-12,29H,4-8,13-15H2,1-3H3. The van der Waals surface area contributed by atoms with Crippen LogP contribution in [0.15, 0.2) is 29.1 Å². The quantitative estimate of drug-likeness (QED) is 0.407. The average Bonchev–Trinajstić information content (AvgIpc) is 2.76. The van der Waals surface area contributed by atoms with Gasteiger partial charge in [0.1, 0.15) is 17.4 Å². The van der Waals surface area contributed by atoms with Crippen LogP contribution in [-0.2, 0) is 11.3 Å². The Balaban J connectivity index is 2.29. The molecule has 2 rings (SSSR count). The van der Waals surface area contributed by atoms with Crippen LogP contribution in [0.5, 0.6) is 11.6 Å². The number of benzene rings is 1. The fourth-order valence-corrected chi connectivity index (χ4v) is 3.36. The van der Waals surface area contributed by atoms with Crippen molar-refractivity contribution in [2.75, 3.05) is 20.3 Å². The van der Waals surface area contributed by atoms with E-state index in [2.05, 4.69) is 6.92 Å². The van der Waals surface area contributed by atoms with E-state index in [0.717, 1.165) is 23.8 Å². The zero-order valence-corrected chi connectivity index (χ0v) is 18.4. The molecule has 0 saturated heterocycles. The molecule has 1 N–H and O–H groups in total. The number of rotatable bonds is 12. The number of nitriles is 1. The third-order valence-electron chi connectivity index (χ3n) is 5.14. The van der Waals surface area contributed by atoms with E-state index in [-0.39, 0.29) is 23.2 Å². The minimum atomic E-state index is -0.614. The van der Waals surface area contributed by atoms with Gasteiger partial charge < -0.3 is 14.6 Å². The number of pyridine rings is 1. The fraction of sp³-hybridized carbons (Fsp3) is 0.458. The smallest absolute Gasteiger partial charge is 0.271 e. The van der Waals surface area contributed by atoms with E-state index >= 15 is 0 Å². The Kier molecular flexibility index (Phi) is 9.29. The Hall–Kier alpha value is -3.11. The Morgan fingerprint density at radius 2 is 1.84 bits per heavy atom. The lowest BCUT2D eigenvalue weighted by atomic mass is 9.97. The predicted octanol–water partition coefficient (Wildman–Crippen LogP) is 3.96. The van der Waals surface area contributed by atoms with Gasteiger partial charge in [-0.1, -0.05) is 26.2 Å². The summed E-state index contributed by atoms with van der Waals surface area (Å²) in [4.78, 5) is 25.7. The van der Waals surface area contributed by atoms with Crippen LogP contribution in [0.2, 0.25) is 0 Å². The lowest BCUT2D eigenvalue weighted by molar-refractivity contribution is 0.103. The molecule has 2 aromatic rings. The SMILES string of the molecule is CCCCCCOc1ccc(C(=O)c2c(C)c(C#N)c(=O)n(CCCOC)c2O)cc1. The summed E-state index contributed by atoms with van der Waals surface area (Å²) in [5, 5.41) is 20.1. The number of ether oxygens (including phenoxy) is 2. The minimum absolute atomic E-state index is 0.0400. The van der Waals surface area contributed by atoms with E-state index in [1.807, 2.05) is 6.07 Å². The van der Waals surface area contributed by atoms with E-state index < -0.39 is 17.2 Å². The number of aromatic hydroxyl groups is 1. The van der Waals surface area contributed by atoms with Gasteiger partial charge in [0, 0.05) is 25.8 Å². The average molecular weight is 427 g/mol. The molecule has 166 valence electrons. The molecule has 0 spiro atoms. The Morgan fingerprint density at radius 3 is 2.45 bits per heavy atom. The molecule has 1 heterocycles. The first kappa shape index (κ1) is 24.2.